The van der Waals surface area contributed by atoms with Crippen LogP contribution in [0.2, 0.25) is 0 Å². The first-order valence-corrected chi connectivity index (χ1v) is 7.83. The van der Waals surface area contributed by atoms with Gasteiger partial charge in [-0.05, 0) is 61.7 Å². The van der Waals surface area contributed by atoms with Crippen molar-refractivity contribution >= 4 is 0 Å². The van der Waals surface area contributed by atoms with E-state index in [1.165, 1.54) is 44.9 Å². The van der Waals surface area contributed by atoms with E-state index in [1.807, 2.05) is 0 Å². The topological polar surface area (TPSA) is 0 Å². The van der Waals surface area contributed by atoms with E-state index in [-0.39, 0.29) is 0 Å². The Kier molecular flexibility index (Phi) is 4.70. The molecule has 0 aromatic heterocycles. The second kappa shape index (κ2) is 6.07. The molecule has 0 heterocycles. The molecule has 0 aliphatic heterocycles. The van der Waals surface area contributed by atoms with Crippen molar-refractivity contribution in [2.75, 3.05) is 0 Å². The molecule has 2 fully saturated rings. The zero-order chi connectivity index (χ0) is 12.3. The second-order valence-electron chi connectivity index (χ2n) is 6.93. The summed E-state index contributed by atoms with van der Waals surface area (Å²) in [4.78, 5) is 0. The number of hydrogen-bond acceptors (Lipinski definition) is 0. The quantitative estimate of drug-likeness (QED) is 0.558. The van der Waals surface area contributed by atoms with E-state index < -0.39 is 0 Å². The molecule has 0 radical (unpaired) electrons. The standard InChI is InChI=1S/C17H30/c1-13-4-7-16(8-5-13)10-11-17-9-6-14(2)15(3)12-17/h10-11,13-17H,4-9,12H2,1-3H3. The Hall–Kier alpha value is -0.260. The van der Waals surface area contributed by atoms with Crippen LogP contribution in [0.25, 0.3) is 0 Å². The van der Waals surface area contributed by atoms with Crippen LogP contribution in [0.5, 0.6) is 0 Å². The highest BCUT2D eigenvalue weighted by Gasteiger charge is 2.23. The Morgan fingerprint density at radius 1 is 0.647 bits per heavy atom. The van der Waals surface area contributed by atoms with Crippen LogP contribution >= 0.6 is 0 Å². The zero-order valence-corrected chi connectivity index (χ0v) is 12.0. The summed E-state index contributed by atoms with van der Waals surface area (Å²) in [6.07, 6.45) is 15.2. The van der Waals surface area contributed by atoms with Crippen molar-refractivity contribution in [3.05, 3.63) is 12.2 Å². The van der Waals surface area contributed by atoms with Gasteiger partial charge in [-0.2, -0.15) is 0 Å². The molecule has 2 rings (SSSR count). The molecule has 3 atom stereocenters. The molecule has 0 nitrogen and oxygen atoms in total. The highest BCUT2D eigenvalue weighted by Crippen LogP contribution is 2.35. The Bertz CT molecular complexity index is 245. The Labute approximate surface area is 108 Å². The highest BCUT2D eigenvalue weighted by molar-refractivity contribution is 4.96. The van der Waals surface area contributed by atoms with Gasteiger partial charge in [0, 0.05) is 0 Å². The summed E-state index contributed by atoms with van der Waals surface area (Å²) in [6, 6.07) is 0. The SMILES string of the molecule is CC1CCC(C=CC2CCC(C)C(C)C2)CC1. The average Bonchev–Trinajstić information content (AvgIpc) is 2.33. The van der Waals surface area contributed by atoms with Gasteiger partial charge in [-0.25, -0.2) is 0 Å². The molecule has 0 amide bonds. The third-order valence-corrected chi connectivity index (χ3v) is 5.35. The van der Waals surface area contributed by atoms with Gasteiger partial charge in [-0.1, -0.05) is 45.8 Å². The van der Waals surface area contributed by atoms with Gasteiger partial charge in [-0.3, -0.25) is 0 Å². The smallest absolute Gasteiger partial charge is 0.0231 e. The van der Waals surface area contributed by atoms with E-state index in [0.717, 1.165) is 29.6 Å². The molecule has 98 valence electrons. The van der Waals surface area contributed by atoms with Crippen molar-refractivity contribution in [2.24, 2.45) is 29.6 Å². The molecule has 17 heavy (non-hydrogen) atoms. The van der Waals surface area contributed by atoms with E-state index >= 15 is 0 Å². The Morgan fingerprint density at radius 3 is 1.88 bits per heavy atom. The maximum Gasteiger partial charge on any atom is -0.0231 e. The molecule has 0 N–H and O–H groups in total. The lowest BCUT2D eigenvalue weighted by Crippen LogP contribution is -2.19. The molecule has 0 aromatic carbocycles. The van der Waals surface area contributed by atoms with Crippen LogP contribution in [0, 0.1) is 29.6 Å². The van der Waals surface area contributed by atoms with Gasteiger partial charge < -0.3 is 0 Å². The summed E-state index contributed by atoms with van der Waals surface area (Å²) in [6.45, 7) is 7.27. The van der Waals surface area contributed by atoms with E-state index in [0.29, 0.717) is 0 Å². The lowest BCUT2D eigenvalue weighted by atomic mass is 9.75. The fraction of sp³-hybridized carbons (Fsp3) is 0.882. The van der Waals surface area contributed by atoms with Crippen molar-refractivity contribution in [3.63, 3.8) is 0 Å². The van der Waals surface area contributed by atoms with Crippen LogP contribution in [-0.4, -0.2) is 0 Å². The number of rotatable bonds is 2. The maximum absolute atomic E-state index is 2.57. The van der Waals surface area contributed by atoms with Crippen LogP contribution in [0.3, 0.4) is 0 Å². The van der Waals surface area contributed by atoms with Gasteiger partial charge in [0.1, 0.15) is 0 Å². The molecule has 0 aromatic rings. The molecule has 2 saturated carbocycles. The number of allylic oxidation sites excluding steroid dienone is 2. The fourth-order valence-corrected chi connectivity index (χ4v) is 3.56. The van der Waals surface area contributed by atoms with Gasteiger partial charge in [0.15, 0.2) is 0 Å². The largest absolute Gasteiger partial charge is 0.0851 e. The third-order valence-electron chi connectivity index (χ3n) is 5.35. The molecular weight excluding hydrogens is 204 g/mol. The third kappa shape index (κ3) is 3.86. The first-order valence-electron chi connectivity index (χ1n) is 7.83. The second-order valence-corrected chi connectivity index (χ2v) is 6.93. The zero-order valence-electron chi connectivity index (χ0n) is 12.0. The minimum Gasteiger partial charge on any atom is -0.0851 e. The van der Waals surface area contributed by atoms with Crippen LogP contribution in [0.1, 0.15) is 65.7 Å². The van der Waals surface area contributed by atoms with Gasteiger partial charge in [0.2, 0.25) is 0 Å². The maximum atomic E-state index is 2.57. The highest BCUT2D eigenvalue weighted by atomic mass is 14.3. The van der Waals surface area contributed by atoms with Crippen molar-refractivity contribution in [3.8, 4) is 0 Å². The summed E-state index contributed by atoms with van der Waals surface area (Å²) < 4.78 is 0. The monoisotopic (exact) mass is 234 g/mol. The summed E-state index contributed by atoms with van der Waals surface area (Å²) in [5.41, 5.74) is 0. The summed E-state index contributed by atoms with van der Waals surface area (Å²) in [5.74, 6) is 4.66. The molecule has 3 unspecified atom stereocenters. The molecule has 0 bridgehead atoms. The summed E-state index contributed by atoms with van der Waals surface area (Å²) >= 11 is 0. The molecule has 0 spiro atoms. The first-order chi connectivity index (χ1) is 8.15. The molecular formula is C17H30. The van der Waals surface area contributed by atoms with Crippen LogP contribution in [0.15, 0.2) is 12.2 Å². The molecule has 2 aliphatic rings. The minimum absolute atomic E-state index is 0.889. The summed E-state index contributed by atoms with van der Waals surface area (Å²) in [5, 5.41) is 0. The van der Waals surface area contributed by atoms with Crippen molar-refractivity contribution in [1.29, 1.82) is 0 Å². The minimum atomic E-state index is 0.889. The lowest BCUT2D eigenvalue weighted by molar-refractivity contribution is 0.235. The average molecular weight is 234 g/mol. The Balaban J connectivity index is 1.76. The van der Waals surface area contributed by atoms with E-state index in [2.05, 4.69) is 32.9 Å². The van der Waals surface area contributed by atoms with E-state index in [4.69, 9.17) is 0 Å². The van der Waals surface area contributed by atoms with Crippen LogP contribution < -0.4 is 0 Å². The van der Waals surface area contributed by atoms with Crippen molar-refractivity contribution < 1.29 is 0 Å². The lowest BCUT2D eigenvalue weighted by Gasteiger charge is -2.31. The summed E-state index contributed by atoms with van der Waals surface area (Å²) in [7, 11) is 0. The van der Waals surface area contributed by atoms with Gasteiger partial charge >= 0.3 is 0 Å². The van der Waals surface area contributed by atoms with Crippen LogP contribution in [0.4, 0.5) is 0 Å². The fourth-order valence-electron chi connectivity index (χ4n) is 3.56. The van der Waals surface area contributed by atoms with Gasteiger partial charge in [0.05, 0.1) is 0 Å². The normalized spacial score (nSPS) is 44.1. The van der Waals surface area contributed by atoms with Crippen molar-refractivity contribution in [2.45, 2.75) is 65.7 Å². The predicted octanol–water partition coefficient (Wildman–Crippen LogP) is 5.44. The molecule has 0 heteroatoms. The predicted molar refractivity (Wildman–Crippen MR) is 75.9 cm³/mol. The van der Waals surface area contributed by atoms with Crippen molar-refractivity contribution in [1.82, 2.24) is 0 Å². The van der Waals surface area contributed by atoms with E-state index in [1.54, 1.807) is 0 Å². The number of hydrogen-bond donors (Lipinski definition) is 0. The first kappa shape index (κ1) is 13.2. The van der Waals surface area contributed by atoms with Gasteiger partial charge in [-0.15, -0.1) is 0 Å². The van der Waals surface area contributed by atoms with Gasteiger partial charge in [0.25, 0.3) is 0 Å². The van der Waals surface area contributed by atoms with E-state index in [9.17, 15) is 0 Å². The molecule has 2 aliphatic carbocycles. The Morgan fingerprint density at radius 2 is 1.24 bits per heavy atom. The molecule has 0 saturated heterocycles. The van der Waals surface area contributed by atoms with Crippen LogP contribution in [-0.2, 0) is 0 Å².